The smallest absolute Gasteiger partial charge is 0.175 e. The van der Waals surface area contributed by atoms with Crippen LogP contribution in [0.3, 0.4) is 0 Å². The first kappa shape index (κ1) is 14.6. The van der Waals surface area contributed by atoms with Gasteiger partial charge in [-0.3, -0.25) is 0 Å². The number of aromatic nitrogens is 2. The molecule has 1 aliphatic heterocycles. The van der Waals surface area contributed by atoms with E-state index in [-0.39, 0.29) is 0 Å². The van der Waals surface area contributed by atoms with Crippen LogP contribution in [-0.4, -0.2) is 44.0 Å². The van der Waals surface area contributed by atoms with Gasteiger partial charge < -0.3 is 14.5 Å². The Bertz CT molecular complexity index is 698. The third-order valence-electron chi connectivity index (χ3n) is 3.99. The van der Waals surface area contributed by atoms with Gasteiger partial charge in [0.1, 0.15) is 0 Å². The number of ether oxygens (including phenoxy) is 1. The fourth-order valence-corrected chi connectivity index (χ4v) is 2.82. The minimum Gasteiger partial charge on any atom is -0.501 e. The lowest BCUT2D eigenvalue weighted by molar-refractivity contribution is 0.272. The fraction of sp³-hybridized carbons (Fsp3) is 0.412. The number of rotatable bonds is 3. The van der Waals surface area contributed by atoms with E-state index in [1.54, 1.807) is 6.26 Å². The van der Waals surface area contributed by atoms with Crippen molar-refractivity contribution < 1.29 is 4.74 Å². The fourth-order valence-electron chi connectivity index (χ4n) is 2.82. The summed E-state index contributed by atoms with van der Waals surface area (Å²) in [6.07, 6.45) is 4.84. The van der Waals surface area contributed by atoms with E-state index < -0.39 is 0 Å². The molecule has 0 N–H and O–H groups in total. The van der Waals surface area contributed by atoms with Crippen molar-refractivity contribution in [1.29, 1.82) is 0 Å². The van der Waals surface area contributed by atoms with Crippen LogP contribution in [0.5, 0.6) is 0 Å². The Balaban J connectivity index is 2.13. The molecule has 0 aliphatic carbocycles. The average Bonchev–Trinajstić information content (AvgIpc) is 2.67. The second-order valence-corrected chi connectivity index (χ2v) is 5.60. The predicted octanol–water partition coefficient (Wildman–Crippen LogP) is 2.91. The van der Waals surface area contributed by atoms with Crippen LogP contribution in [0.1, 0.15) is 18.9 Å². The highest BCUT2D eigenvalue weighted by molar-refractivity contribution is 5.98. The van der Waals surface area contributed by atoms with E-state index in [2.05, 4.69) is 40.2 Å². The van der Waals surface area contributed by atoms with Gasteiger partial charge in [-0.2, -0.15) is 0 Å². The maximum absolute atomic E-state index is 5.29. The zero-order chi connectivity index (χ0) is 15.5. The van der Waals surface area contributed by atoms with Gasteiger partial charge in [0.15, 0.2) is 5.82 Å². The molecule has 3 rings (SSSR count). The Morgan fingerprint density at radius 3 is 2.82 bits per heavy atom. The van der Waals surface area contributed by atoms with Crippen molar-refractivity contribution in [3.63, 3.8) is 0 Å². The summed E-state index contributed by atoms with van der Waals surface area (Å²) in [5.41, 5.74) is 3.20. The van der Waals surface area contributed by atoms with E-state index >= 15 is 0 Å². The second-order valence-electron chi connectivity index (χ2n) is 5.60. The first-order chi connectivity index (χ1) is 10.7. The summed E-state index contributed by atoms with van der Waals surface area (Å²) in [7, 11) is 4.21. The highest BCUT2D eigenvalue weighted by Crippen LogP contribution is 2.35. The first-order valence-electron chi connectivity index (χ1n) is 7.71. The normalized spacial score (nSPS) is 15.2. The van der Waals surface area contributed by atoms with Crippen molar-refractivity contribution >= 4 is 28.5 Å². The molecule has 0 saturated heterocycles. The average molecular weight is 298 g/mol. The predicted molar refractivity (Wildman–Crippen MR) is 91.4 cm³/mol. The third-order valence-corrected chi connectivity index (χ3v) is 3.99. The molecule has 0 fully saturated rings. The molecule has 1 aromatic heterocycles. The maximum Gasteiger partial charge on any atom is 0.175 e. The van der Waals surface area contributed by atoms with Gasteiger partial charge in [-0.1, -0.05) is 6.07 Å². The molecule has 0 unspecified atom stereocenters. The third kappa shape index (κ3) is 2.71. The van der Waals surface area contributed by atoms with Gasteiger partial charge in [-0.25, -0.2) is 0 Å². The SMILES string of the molecule is CCO/C=C/c1ccc2nnc3c(c2c1)N(C)CCCN3C. The molecule has 2 aromatic rings. The number of fused-ring (bicyclic) bond motifs is 3. The van der Waals surface area contributed by atoms with Crippen molar-refractivity contribution in [2.75, 3.05) is 43.6 Å². The van der Waals surface area contributed by atoms with E-state index in [9.17, 15) is 0 Å². The van der Waals surface area contributed by atoms with Gasteiger partial charge in [0.05, 0.1) is 24.1 Å². The van der Waals surface area contributed by atoms with Gasteiger partial charge >= 0.3 is 0 Å². The Hall–Kier alpha value is -2.30. The molecule has 0 radical (unpaired) electrons. The van der Waals surface area contributed by atoms with E-state index in [0.717, 1.165) is 47.5 Å². The summed E-state index contributed by atoms with van der Waals surface area (Å²) in [5, 5.41) is 9.96. The van der Waals surface area contributed by atoms with Gasteiger partial charge in [-0.15, -0.1) is 10.2 Å². The molecule has 116 valence electrons. The first-order valence-corrected chi connectivity index (χ1v) is 7.71. The van der Waals surface area contributed by atoms with Crippen LogP contribution in [0.15, 0.2) is 24.5 Å². The molecule has 1 aromatic carbocycles. The molecule has 0 amide bonds. The number of anilines is 2. The molecule has 22 heavy (non-hydrogen) atoms. The largest absolute Gasteiger partial charge is 0.501 e. The van der Waals surface area contributed by atoms with Crippen molar-refractivity contribution in [1.82, 2.24) is 10.2 Å². The topological polar surface area (TPSA) is 41.5 Å². The Morgan fingerprint density at radius 2 is 2.00 bits per heavy atom. The maximum atomic E-state index is 5.29. The molecule has 0 atom stereocenters. The van der Waals surface area contributed by atoms with Crippen LogP contribution in [0, 0.1) is 0 Å². The molecule has 0 saturated carbocycles. The van der Waals surface area contributed by atoms with Crippen LogP contribution >= 0.6 is 0 Å². The van der Waals surface area contributed by atoms with Crippen LogP contribution in [0.2, 0.25) is 0 Å². The Kier molecular flexibility index (Phi) is 4.13. The summed E-state index contributed by atoms with van der Waals surface area (Å²) >= 11 is 0. The lowest BCUT2D eigenvalue weighted by atomic mass is 10.1. The van der Waals surface area contributed by atoms with Crippen molar-refractivity contribution in [3.8, 4) is 0 Å². The molecule has 0 bridgehead atoms. The van der Waals surface area contributed by atoms with Crippen LogP contribution < -0.4 is 9.80 Å². The van der Waals surface area contributed by atoms with Gasteiger partial charge in [0, 0.05) is 32.6 Å². The Labute approximate surface area is 131 Å². The minimum atomic E-state index is 0.679. The quantitative estimate of drug-likeness (QED) is 0.815. The molecule has 5 nitrogen and oxygen atoms in total. The standard InChI is InChI=1S/C17H22N4O/c1-4-22-11-8-13-6-7-15-14(12-13)16-17(19-18-15)21(3)10-5-9-20(16)2/h6-8,11-12H,4-5,9-10H2,1-3H3/b11-8+. The van der Waals surface area contributed by atoms with Gasteiger partial charge in [0.25, 0.3) is 0 Å². The van der Waals surface area contributed by atoms with Crippen LogP contribution in [0.4, 0.5) is 11.5 Å². The molecule has 5 heteroatoms. The number of nitrogens with zero attached hydrogens (tertiary/aromatic N) is 4. The van der Waals surface area contributed by atoms with E-state index in [0.29, 0.717) is 6.61 Å². The second kappa shape index (κ2) is 6.22. The van der Waals surface area contributed by atoms with Crippen molar-refractivity contribution in [3.05, 3.63) is 30.0 Å². The van der Waals surface area contributed by atoms with Crippen molar-refractivity contribution in [2.45, 2.75) is 13.3 Å². The Morgan fingerprint density at radius 1 is 1.18 bits per heavy atom. The molecule has 0 spiro atoms. The zero-order valence-corrected chi connectivity index (χ0v) is 13.4. The molecular weight excluding hydrogens is 276 g/mol. The summed E-state index contributed by atoms with van der Waals surface area (Å²) in [5.74, 6) is 0.957. The van der Waals surface area contributed by atoms with Gasteiger partial charge in [-0.05, 0) is 37.1 Å². The summed E-state index contributed by atoms with van der Waals surface area (Å²) in [4.78, 5) is 4.47. The number of hydrogen-bond acceptors (Lipinski definition) is 5. The highest BCUT2D eigenvalue weighted by Gasteiger charge is 2.20. The van der Waals surface area contributed by atoms with E-state index in [1.807, 2.05) is 25.1 Å². The lowest BCUT2D eigenvalue weighted by Gasteiger charge is -2.22. The molecule has 2 heterocycles. The summed E-state index contributed by atoms with van der Waals surface area (Å²) < 4.78 is 5.29. The summed E-state index contributed by atoms with van der Waals surface area (Å²) in [6, 6.07) is 6.22. The van der Waals surface area contributed by atoms with Gasteiger partial charge in [0.2, 0.25) is 0 Å². The molecule has 1 aliphatic rings. The van der Waals surface area contributed by atoms with Crippen LogP contribution in [-0.2, 0) is 4.74 Å². The van der Waals surface area contributed by atoms with Crippen LogP contribution in [0.25, 0.3) is 17.0 Å². The monoisotopic (exact) mass is 298 g/mol. The lowest BCUT2D eigenvalue weighted by Crippen LogP contribution is -2.19. The highest BCUT2D eigenvalue weighted by atomic mass is 16.5. The molecular formula is C17H22N4O. The number of benzene rings is 1. The minimum absolute atomic E-state index is 0.679. The van der Waals surface area contributed by atoms with E-state index in [4.69, 9.17) is 4.74 Å². The van der Waals surface area contributed by atoms with E-state index in [1.165, 1.54) is 0 Å². The van der Waals surface area contributed by atoms with Crippen molar-refractivity contribution in [2.24, 2.45) is 0 Å². The summed E-state index contributed by atoms with van der Waals surface area (Å²) in [6.45, 7) is 4.68. The number of hydrogen-bond donors (Lipinski definition) is 0. The zero-order valence-electron chi connectivity index (χ0n) is 13.4.